The second-order valence-corrected chi connectivity index (χ2v) is 5.63. The van der Waals surface area contributed by atoms with Crippen molar-refractivity contribution in [1.29, 1.82) is 0 Å². The third-order valence-electron chi connectivity index (χ3n) is 3.74. The highest BCUT2D eigenvalue weighted by molar-refractivity contribution is 7.71. The molecule has 6 heteroatoms. The number of aromatic amines is 1. The third-order valence-corrected chi connectivity index (χ3v) is 4.06. The summed E-state index contributed by atoms with van der Waals surface area (Å²) < 4.78 is 1.43. The first-order chi connectivity index (χ1) is 11.5. The summed E-state index contributed by atoms with van der Waals surface area (Å²) in [6, 6.07) is 7.35. The van der Waals surface area contributed by atoms with Crippen molar-refractivity contribution in [2.75, 3.05) is 0 Å². The van der Waals surface area contributed by atoms with Crippen LogP contribution >= 0.6 is 12.2 Å². The number of nitrogens with one attached hydrogen (secondary N) is 1. The molecule has 120 valence electrons. The van der Waals surface area contributed by atoms with Crippen molar-refractivity contribution in [3.05, 3.63) is 74.8 Å². The van der Waals surface area contributed by atoms with Gasteiger partial charge in [0, 0.05) is 12.1 Å². The Morgan fingerprint density at radius 1 is 1.25 bits per heavy atom. The van der Waals surface area contributed by atoms with Gasteiger partial charge >= 0.3 is 0 Å². The van der Waals surface area contributed by atoms with Gasteiger partial charge in [-0.25, -0.2) is 0 Å². The molecule has 1 aromatic carbocycles. The van der Waals surface area contributed by atoms with E-state index in [9.17, 15) is 14.7 Å². The second-order valence-electron chi connectivity index (χ2n) is 5.24. The van der Waals surface area contributed by atoms with Crippen molar-refractivity contribution >= 4 is 35.7 Å². The molecule has 0 radical (unpaired) electrons. The lowest BCUT2D eigenvalue weighted by molar-refractivity contribution is -0.109. The average molecular weight is 338 g/mol. The highest BCUT2D eigenvalue weighted by Gasteiger charge is 2.19. The van der Waals surface area contributed by atoms with Crippen molar-refractivity contribution in [2.45, 2.75) is 6.54 Å². The summed E-state index contributed by atoms with van der Waals surface area (Å²) in [5, 5.41) is 10.4. The van der Waals surface area contributed by atoms with Gasteiger partial charge in [0.25, 0.3) is 5.56 Å². The number of carbonyl (C=O) groups is 1. The van der Waals surface area contributed by atoms with Crippen LogP contribution in [-0.2, 0) is 11.3 Å². The maximum atomic E-state index is 12.3. The van der Waals surface area contributed by atoms with E-state index in [1.165, 1.54) is 16.7 Å². The highest BCUT2D eigenvalue weighted by atomic mass is 32.1. The van der Waals surface area contributed by atoms with Crippen LogP contribution in [0.1, 0.15) is 16.7 Å². The van der Waals surface area contributed by atoms with E-state index < -0.39 is 5.56 Å². The fraction of sp³-hybridized carbons (Fsp3) is 0.0556. The minimum absolute atomic E-state index is 0.0149. The number of aromatic hydroxyl groups is 1. The predicted molar refractivity (Wildman–Crippen MR) is 96.1 cm³/mol. The number of hydrogen-bond acceptors (Lipinski definition) is 4. The lowest BCUT2D eigenvalue weighted by atomic mass is 9.90. The summed E-state index contributed by atoms with van der Waals surface area (Å²) >= 11 is 5.04. The number of hydrogen-bond donors (Lipinski definition) is 2. The quantitative estimate of drug-likeness (QED) is 0.513. The van der Waals surface area contributed by atoms with E-state index in [-0.39, 0.29) is 28.5 Å². The Bertz CT molecular complexity index is 1030. The molecule has 0 aliphatic heterocycles. The van der Waals surface area contributed by atoms with Crippen LogP contribution < -0.4 is 5.56 Å². The average Bonchev–Trinajstić information content (AvgIpc) is 2.57. The van der Waals surface area contributed by atoms with Crippen LogP contribution in [0.4, 0.5) is 0 Å². The highest BCUT2D eigenvalue weighted by Crippen LogP contribution is 2.29. The van der Waals surface area contributed by atoms with Crippen molar-refractivity contribution in [2.24, 2.45) is 0 Å². The van der Waals surface area contributed by atoms with Gasteiger partial charge in [-0.05, 0) is 35.5 Å². The molecule has 1 heterocycles. The molecule has 5 nitrogen and oxygen atoms in total. The number of allylic oxidation sites excluding steroid dienone is 3. The van der Waals surface area contributed by atoms with Gasteiger partial charge in [-0.3, -0.25) is 19.1 Å². The lowest BCUT2D eigenvalue weighted by Gasteiger charge is -2.14. The Morgan fingerprint density at radius 2 is 2.00 bits per heavy atom. The zero-order valence-corrected chi connectivity index (χ0v) is 13.5. The zero-order chi connectivity index (χ0) is 17.3. The van der Waals surface area contributed by atoms with E-state index in [0.29, 0.717) is 11.1 Å². The molecule has 2 aromatic rings. The van der Waals surface area contributed by atoms with Crippen LogP contribution in [0, 0.1) is 4.77 Å². The van der Waals surface area contributed by atoms with Crippen molar-refractivity contribution in [1.82, 2.24) is 9.55 Å². The molecule has 1 aliphatic carbocycles. The third kappa shape index (κ3) is 2.68. The molecule has 1 aliphatic rings. The Hall–Kier alpha value is -2.99. The molecule has 2 N–H and O–H groups in total. The second kappa shape index (κ2) is 6.25. The van der Waals surface area contributed by atoms with Crippen LogP contribution in [-0.4, -0.2) is 20.4 Å². The molecule has 1 aromatic heterocycles. The largest absolute Gasteiger partial charge is 0.494 e. The Kier molecular flexibility index (Phi) is 4.14. The summed E-state index contributed by atoms with van der Waals surface area (Å²) in [5.74, 6) is -0.527. The minimum Gasteiger partial charge on any atom is -0.494 e. The molecule has 0 unspecified atom stereocenters. The van der Waals surface area contributed by atoms with Gasteiger partial charge in [0.05, 0.1) is 0 Å². The molecule has 0 saturated carbocycles. The van der Waals surface area contributed by atoms with Crippen LogP contribution in [0.25, 0.3) is 17.7 Å². The molecule has 0 saturated heterocycles. The molecule has 0 bridgehead atoms. The molecule has 0 spiro atoms. The first kappa shape index (κ1) is 15.9. The number of nitrogens with zero attached hydrogens (tertiary/aromatic N) is 1. The van der Waals surface area contributed by atoms with Gasteiger partial charge in [0.15, 0.2) is 10.6 Å². The number of aromatic nitrogens is 2. The van der Waals surface area contributed by atoms with E-state index in [2.05, 4.69) is 11.6 Å². The van der Waals surface area contributed by atoms with Crippen molar-refractivity contribution in [3.63, 3.8) is 0 Å². The van der Waals surface area contributed by atoms with Crippen molar-refractivity contribution < 1.29 is 9.90 Å². The molecule has 3 rings (SSSR count). The smallest absolute Gasteiger partial charge is 0.262 e. The van der Waals surface area contributed by atoms with E-state index in [4.69, 9.17) is 12.2 Å². The van der Waals surface area contributed by atoms with Gasteiger partial charge in [-0.2, -0.15) is 0 Å². The van der Waals surface area contributed by atoms with Crippen LogP contribution in [0.2, 0.25) is 0 Å². The normalized spacial score (nSPS) is 14.7. The molecule has 0 fully saturated rings. The van der Waals surface area contributed by atoms with Crippen LogP contribution in [0.3, 0.4) is 0 Å². The standard InChI is InChI=1S/C18H14N2O3S/c1-2-9-20-17(23)14(16(22)19-18(20)24)10-13-12-6-4-3-5-11(12)7-8-15(13)21/h2-8,10,23H,1,9H2,(H,19,22,24). The Morgan fingerprint density at radius 3 is 2.75 bits per heavy atom. The summed E-state index contributed by atoms with van der Waals surface area (Å²) in [4.78, 5) is 27.0. The maximum absolute atomic E-state index is 12.3. The Labute approximate surface area is 142 Å². The molecule has 24 heavy (non-hydrogen) atoms. The Balaban J connectivity index is 2.26. The number of fused-ring (bicyclic) bond motifs is 1. The first-order valence-corrected chi connectivity index (χ1v) is 7.64. The fourth-order valence-corrected chi connectivity index (χ4v) is 2.83. The maximum Gasteiger partial charge on any atom is 0.262 e. The summed E-state index contributed by atoms with van der Waals surface area (Å²) in [7, 11) is 0. The van der Waals surface area contributed by atoms with E-state index in [1.54, 1.807) is 18.2 Å². The minimum atomic E-state index is -0.551. The van der Waals surface area contributed by atoms with Gasteiger partial charge in [-0.1, -0.05) is 36.4 Å². The number of rotatable bonds is 3. The zero-order valence-electron chi connectivity index (χ0n) is 12.7. The van der Waals surface area contributed by atoms with Gasteiger partial charge < -0.3 is 5.11 Å². The number of ketones is 1. The topological polar surface area (TPSA) is 75.1 Å². The van der Waals surface area contributed by atoms with Gasteiger partial charge in [0.1, 0.15) is 5.56 Å². The van der Waals surface area contributed by atoms with Crippen molar-refractivity contribution in [3.8, 4) is 5.88 Å². The molecule has 0 atom stereocenters. The summed E-state index contributed by atoms with van der Waals surface area (Å²) in [5.41, 5.74) is 1.36. The van der Waals surface area contributed by atoms with Crippen LogP contribution in [0.15, 0.2) is 47.8 Å². The monoisotopic (exact) mass is 338 g/mol. The number of benzene rings is 1. The van der Waals surface area contributed by atoms with E-state index in [0.717, 1.165) is 5.56 Å². The molecular formula is C18H14N2O3S. The number of carbonyl (C=O) groups excluding carboxylic acids is 1. The molecular weight excluding hydrogens is 324 g/mol. The summed E-state index contributed by atoms with van der Waals surface area (Å²) in [6.07, 6.45) is 6.11. The van der Waals surface area contributed by atoms with E-state index >= 15 is 0 Å². The number of H-pyrrole nitrogens is 1. The lowest BCUT2D eigenvalue weighted by Crippen LogP contribution is -2.17. The molecule has 0 amide bonds. The fourth-order valence-electron chi connectivity index (χ4n) is 2.57. The van der Waals surface area contributed by atoms with Gasteiger partial charge in [0.2, 0.25) is 5.88 Å². The summed E-state index contributed by atoms with van der Waals surface area (Å²) in [6.45, 7) is 3.84. The van der Waals surface area contributed by atoms with E-state index in [1.807, 2.05) is 18.2 Å². The predicted octanol–water partition coefficient (Wildman–Crippen LogP) is 2.93. The first-order valence-electron chi connectivity index (χ1n) is 7.23. The van der Waals surface area contributed by atoms with Crippen LogP contribution in [0.5, 0.6) is 5.88 Å². The van der Waals surface area contributed by atoms with Gasteiger partial charge in [-0.15, -0.1) is 6.58 Å². The SMILES string of the molecule is C=CCn1c(O)c(C=C2C(=O)C=Cc3ccccc32)c(=O)[nH]c1=S.